The van der Waals surface area contributed by atoms with Crippen molar-refractivity contribution >= 4 is 63.8 Å². The maximum absolute atomic E-state index is 5.24. The Kier molecular flexibility index (Phi) is 6.39. The summed E-state index contributed by atoms with van der Waals surface area (Å²) < 4.78 is 2.54. The molecule has 0 N–H and O–H groups in total. The van der Waals surface area contributed by atoms with E-state index in [0.717, 1.165) is 33.9 Å². The number of rotatable bonds is 4. The van der Waals surface area contributed by atoms with Gasteiger partial charge in [-0.15, -0.1) is 11.3 Å². The minimum absolute atomic E-state index is 0.724. The highest BCUT2D eigenvalue weighted by molar-refractivity contribution is 7.26. The summed E-state index contributed by atoms with van der Waals surface area (Å²) in [7, 11) is 0. The van der Waals surface area contributed by atoms with Crippen molar-refractivity contribution in [1.82, 2.24) is 9.97 Å². The molecular weight excluding hydrogens is 613 g/mol. The van der Waals surface area contributed by atoms with Gasteiger partial charge in [-0.05, 0) is 61.6 Å². The Bertz CT molecular complexity index is 2780. The van der Waals surface area contributed by atoms with Crippen LogP contribution in [0, 0.1) is 0 Å². The van der Waals surface area contributed by atoms with Crippen LogP contribution in [0.3, 0.4) is 0 Å². The molecule has 0 aliphatic carbocycles. The Morgan fingerprint density at radius 1 is 0.347 bits per heavy atom. The third-order valence-corrected chi connectivity index (χ3v) is 10.9. The van der Waals surface area contributed by atoms with Crippen LogP contribution in [-0.2, 0) is 0 Å². The number of benzene rings is 8. The number of thiophene rings is 1. The zero-order valence-corrected chi connectivity index (χ0v) is 27.3. The summed E-state index contributed by atoms with van der Waals surface area (Å²) in [6, 6.07) is 60.7. The molecule has 0 spiro atoms. The topological polar surface area (TPSA) is 25.8 Å². The molecule has 0 aliphatic heterocycles. The van der Waals surface area contributed by atoms with Crippen LogP contribution in [0.5, 0.6) is 0 Å². The molecule has 0 bridgehead atoms. The lowest BCUT2D eigenvalue weighted by Gasteiger charge is -2.14. The van der Waals surface area contributed by atoms with Gasteiger partial charge in [-0.3, -0.25) is 0 Å². The standard InChI is InChI=1S/C46H28N2S/c1-3-13-29(14-4-1)41-28-42(48-46(47-41)30-15-5-2-6-16-30)38-26-25-32(45-44(38)39-21-11-12-22-43(39)49-45)31-23-24-37-35-19-8-7-17-33(35)34-18-9-10-20-36(34)40(37)27-31/h1-28H. The van der Waals surface area contributed by atoms with Crippen molar-refractivity contribution in [2.24, 2.45) is 0 Å². The first-order valence-corrected chi connectivity index (χ1v) is 17.4. The molecule has 8 aromatic carbocycles. The molecule has 0 saturated heterocycles. The van der Waals surface area contributed by atoms with Gasteiger partial charge in [0.25, 0.3) is 0 Å². The summed E-state index contributed by atoms with van der Waals surface area (Å²) in [4.78, 5) is 10.3. The van der Waals surface area contributed by atoms with Gasteiger partial charge in [-0.25, -0.2) is 9.97 Å². The van der Waals surface area contributed by atoms with E-state index in [0.29, 0.717) is 0 Å². The summed E-state index contributed by atoms with van der Waals surface area (Å²) in [6.45, 7) is 0. The number of aromatic nitrogens is 2. The molecule has 0 radical (unpaired) electrons. The van der Waals surface area contributed by atoms with E-state index in [4.69, 9.17) is 9.97 Å². The highest BCUT2D eigenvalue weighted by atomic mass is 32.1. The van der Waals surface area contributed by atoms with Crippen LogP contribution in [0.4, 0.5) is 0 Å². The second kappa shape index (κ2) is 11.2. The van der Waals surface area contributed by atoms with Gasteiger partial charge in [0.05, 0.1) is 11.4 Å². The lowest BCUT2D eigenvalue weighted by molar-refractivity contribution is 1.19. The normalized spacial score (nSPS) is 11.7. The van der Waals surface area contributed by atoms with Gasteiger partial charge < -0.3 is 0 Å². The van der Waals surface area contributed by atoms with E-state index < -0.39 is 0 Å². The fourth-order valence-electron chi connectivity index (χ4n) is 7.40. The van der Waals surface area contributed by atoms with Gasteiger partial charge in [0.1, 0.15) is 0 Å². The molecule has 2 nitrogen and oxygen atoms in total. The van der Waals surface area contributed by atoms with Gasteiger partial charge in [0.2, 0.25) is 0 Å². The van der Waals surface area contributed by atoms with Crippen molar-refractivity contribution in [2.75, 3.05) is 0 Å². The van der Waals surface area contributed by atoms with Crippen LogP contribution in [-0.4, -0.2) is 9.97 Å². The molecule has 3 heteroatoms. The van der Waals surface area contributed by atoms with Gasteiger partial charge in [-0.1, -0.05) is 152 Å². The molecule has 2 aromatic heterocycles. The molecule has 0 fully saturated rings. The van der Waals surface area contributed by atoms with Crippen LogP contribution >= 0.6 is 11.3 Å². The second-order valence-corrected chi connectivity index (χ2v) is 13.6. The van der Waals surface area contributed by atoms with E-state index in [-0.39, 0.29) is 0 Å². The van der Waals surface area contributed by atoms with E-state index in [1.54, 1.807) is 0 Å². The Hall–Kier alpha value is -6.16. The molecule has 10 aromatic rings. The first kappa shape index (κ1) is 27.9. The Balaban J connectivity index is 1.24. The average Bonchev–Trinajstić information content (AvgIpc) is 3.58. The van der Waals surface area contributed by atoms with E-state index >= 15 is 0 Å². The fourth-order valence-corrected chi connectivity index (χ4v) is 8.67. The number of fused-ring (bicyclic) bond motifs is 9. The van der Waals surface area contributed by atoms with Crippen molar-refractivity contribution in [3.8, 4) is 45.0 Å². The smallest absolute Gasteiger partial charge is 0.160 e. The van der Waals surface area contributed by atoms with Gasteiger partial charge in [0.15, 0.2) is 5.82 Å². The highest BCUT2D eigenvalue weighted by Crippen LogP contribution is 2.46. The predicted octanol–water partition coefficient (Wildman–Crippen LogP) is 13.0. The van der Waals surface area contributed by atoms with Gasteiger partial charge >= 0.3 is 0 Å². The first-order valence-electron chi connectivity index (χ1n) is 16.6. The highest BCUT2D eigenvalue weighted by Gasteiger charge is 2.19. The molecule has 0 atom stereocenters. The molecule has 0 saturated carbocycles. The van der Waals surface area contributed by atoms with Crippen LogP contribution in [0.2, 0.25) is 0 Å². The lowest BCUT2D eigenvalue weighted by atomic mass is 9.91. The van der Waals surface area contributed by atoms with Gasteiger partial charge in [0, 0.05) is 36.9 Å². The fraction of sp³-hybridized carbons (Fsp3) is 0. The number of nitrogens with zero attached hydrogens (tertiary/aromatic N) is 2. The van der Waals surface area contributed by atoms with Crippen LogP contribution < -0.4 is 0 Å². The molecule has 0 unspecified atom stereocenters. The maximum atomic E-state index is 5.24. The third kappa shape index (κ3) is 4.55. The molecular formula is C46H28N2S. The minimum atomic E-state index is 0.724. The van der Waals surface area contributed by atoms with E-state index in [1.807, 2.05) is 35.6 Å². The van der Waals surface area contributed by atoms with E-state index in [9.17, 15) is 0 Å². The molecule has 228 valence electrons. The molecule has 0 aliphatic rings. The lowest BCUT2D eigenvalue weighted by Crippen LogP contribution is -1.96. The molecule has 2 heterocycles. The Labute approximate surface area is 287 Å². The van der Waals surface area contributed by atoms with E-state index in [1.165, 1.54) is 63.6 Å². The van der Waals surface area contributed by atoms with Crippen LogP contribution in [0.25, 0.3) is 97.5 Å². The summed E-state index contributed by atoms with van der Waals surface area (Å²) in [6.07, 6.45) is 0. The zero-order chi connectivity index (χ0) is 32.3. The second-order valence-electron chi connectivity index (χ2n) is 12.5. The van der Waals surface area contributed by atoms with Crippen molar-refractivity contribution in [2.45, 2.75) is 0 Å². The quantitative estimate of drug-likeness (QED) is 0.179. The van der Waals surface area contributed by atoms with Crippen LogP contribution in [0.1, 0.15) is 0 Å². The van der Waals surface area contributed by atoms with Crippen LogP contribution in [0.15, 0.2) is 170 Å². The minimum Gasteiger partial charge on any atom is -0.228 e. The molecule has 10 rings (SSSR count). The monoisotopic (exact) mass is 640 g/mol. The predicted molar refractivity (Wildman–Crippen MR) is 209 cm³/mol. The molecule has 0 amide bonds. The summed E-state index contributed by atoms with van der Waals surface area (Å²) in [5.74, 6) is 0.724. The van der Waals surface area contributed by atoms with Gasteiger partial charge in [-0.2, -0.15) is 0 Å². The van der Waals surface area contributed by atoms with Crippen molar-refractivity contribution in [1.29, 1.82) is 0 Å². The largest absolute Gasteiger partial charge is 0.228 e. The third-order valence-electron chi connectivity index (χ3n) is 9.68. The maximum Gasteiger partial charge on any atom is 0.160 e. The van der Waals surface area contributed by atoms with Crippen molar-refractivity contribution in [3.05, 3.63) is 170 Å². The van der Waals surface area contributed by atoms with Crippen molar-refractivity contribution < 1.29 is 0 Å². The summed E-state index contributed by atoms with van der Waals surface area (Å²) >= 11 is 1.86. The SMILES string of the molecule is c1ccc(-c2cc(-c3ccc(-c4ccc5c6ccccc6c6ccccc6c5c4)c4sc5ccccc5c34)nc(-c3ccccc3)n2)cc1. The summed E-state index contributed by atoms with van der Waals surface area (Å²) in [5.41, 5.74) is 7.47. The molecule has 49 heavy (non-hydrogen) atoms. The number of hydrogen-bond donors (Lipinski definition) is 0. The Morgan fingerprint density at radius 3 is 1.57 bits per heavy atom. The number of hydrogen-bond acceptors (Lipinski definition) is 3. The Morgan fingerprint density at radius 2 is 0.878 bits per heavy atom. The van der Waals surface area contributed by atoms with Crippen molar-refractivity contribution in [3.63, 3.8) is 0 Å². The summed E-state index contributed by atoms with van der Waals surface area (Å²) in [5, 5.41) is 10.2. The zero-order valence-electron chi connectivity index (χ0n) is 26.5. The average molecular weight is 641 g/mol. The first-order chi connectivity index (χ1) is 24.3. The van der Waals surface area contributed by atoms with E-state index in [2.05, 4.69) is 146 Å².